The highest BCUT2D eigenvalue weighted by molar-refractivity contribution is 5.45. The largest absolute Gasteiger partial charge is 0.370 e. The molecule has 1 aliphatic carbocycles. The predicted molar refractivity (Wildman–Crippen MR) is 62.8 cm³/mol. The van der Waals surface area contributed by atoms with Crippen LogP contribution < -0.4 is 10.9 Å². The van der Waals surface area contributed by atoms with Crippen LogP contribution in [0.25, 0.3) is 0 Å². The third kappa shape index (κ3) is 1.44. The fourth-order valence-corrected chi connectivity index (χ4v) is 2.46. The van der Waals surface area contributed by atoms with Crippen molar-refractivity contribution in [3.8, 4) is 0 Å². The minimum absolute atomic E-state index is 0.0508. The maximum atomic E-state index is 11.9. The van der Waals surface area contributed by atoms with Gasteiger partial charge in [0.05, 0.1) is 5.56 Å². The first kappa shape index (κ1) is 9.87. The molecule has 1 atom stereocenters. The Morgan fingerprint density at radius 3 is 2.88 bits per heavy atom. The van der Waals surface area contributed by atoms with Crippen molar-refractivity contribution in [2.45, 2.75) is 39.0 Å². The average Bonchev–Trinajstić information content (AvgIpc) is 2.88. The molecule has 0 amide bonds. The summed E-state index contributed by atoms with van der Waals surface area (Å²) in [6.45, 7) is 5.35. The molecule has 0 aromatic carbocycles. The van der Waals surface area contributed by atoms with Crippen molar-refractivity contribution in [2.75, 3.05) is 11.9 Å². The van der Waals surface area contributed by atoms with E-state index in [-0.39, 0.29) is 5.56 Å². The first-order chi connectivity index (χ1) is 7.58. The van der Waals surface area contributed by atoms with Gasteiger partial charge in [0.25, 0.3) is 5.56 Å². The number of rotatable bonds is 1. The van der Waals surface area contributed by atoms with Gasteiger partial charge < -0.3 is 10.3 Å². The average molecular weight is 219 g/mol. The zero-order valence-electron chi connectivity index (χ0n) is 9.76. The highest BCUT2D eigenvalue weighted by Crippen LogP contribution is 2.57. The van der Waals surface area contributed by atoms with E-state index in [1.807, 2.05) is 0 Å². The highest BCUT2D eigenvalue weighted by atomic mass is 16.1. The second kappa shape index (κ2) is 3.09. The standard InChI is InChI=1S/C12H17N3O/c1-12(2)6-8(12)10-14-9-7(11(16)15-10)4-3-5-13-9/h8H,3-6H2,1-2H3,(H2,13,14,15,16). The van der Waals surface area contributed by atoms with Crippen molar-refractivity contribution < 1.29 is 0 Å². The van der Waals surface area contributed by atoms with Crippen LogP contribution in [0.15, 0.2) is 4.79 Å². The van der Waals surface area contributed by atoms with Crippen LogP contribution in [0, 0.1) is 5.41 Å². The molecule has 4 nitrogen and oxygen atoms in total. The van der Waals surface area contributed by atoms with Gasteiger partial charge >= 0.3 is 0 Å². The van der Waals surface area contributed by atoms with Crippen LogP contribution in [-0.2, 0) is 6.42 Å². The first-order valence-electron chi connectivity index (χ1n) is 5.95. The molecule has 2 heterocycles. The van der Waals surface area contributed by atoms with Gasteiger partial charge in [0, 0.05) is 12.5 Å². The topological polar surface area (TPSA) is 57.8 Å². The van der Waals surface area contributed by atoms with E-state index in [9.17, 15) is 4.79 Å². The molecule has 3 rings (SSSR count). The molecular weight excluding hydrogens is 202 g/mol. The third-order valence-electron chi connectivity index (χ3n) is 3.77. The summed E-state index contributed by atoms with van der Waals surface area (Å²) in [6, 6.07) is 0. The van der Waals surface area contributed by atoms with E-state index in [0.717, 1.165) is 43.0 Å². The van der Waals surface area contributed by atoms with Gasteiger partial charge in [-0.2, -0.15) is 0 Å². The van der Waals surface area contributed by atoms with Gasteiger partial charge in [-0.1, -0.05) is 13.8 Å². The fourth-order valence-electron chi connectivity index (χ4n) is 2.46. The predicted octanol–water partition coefficient (Wildman–Crippen LogP) is 1.64. The van der Waals surface area contributed by atoms with Gasteiger partial charge in [0.2, 0.25) is 0 Å². The monoisotopic (exact) mass is 219 g/mol. The van der Waals surface area contributed by atoms with E-state index in [4.69, 9.17) is 0 Å². The van der Waals surface area contributed by atoms with Gasteiger partial charge in [-0.15, -0.1) is 0 Å². The summed E-state index contributed by atoms with van der Waals surface area (Å²) in [5.41, 5.74) is 1.18. The van der Waals surface area contributed by atoms with Crippen LogP contribution in [0.1, 0.15) is 44.0 Å². The lowest BCUT2D eigenvalue weighted by molar-refractivity contribution is 0.605. The Balaban J connectivity index is 2.03. The SMILES string of the molecule is CC1(C)CC1c1nc2c(c(=O)[nH]1)CCCN2. The first-order valence-corrected chi connectivity index (χ1v) is 5.95. The summed E-state index contributed by atoms with van der Waals surface area (Å²) in [5.74, 6) is 2.10. The molecule has 1 aromatic heterocycles. The summed E-state index contributed by atoms with van der Waals surface area (Å²) in [5, 5.41) is 3.22. The number of H-pyrrole nitrogens is 1. The maximum Gasteiger partial charge on any atom is 0.256 e. The number of fused-ring (bicyclic) bond motifs is 1. The number of anilines is 1. The van der Waals surface area contributed by atoms with E-state index >= 15 is 0 Å². The number of nitrogens with one attached hydrogen (secondary N) is 2. The number of aromatic amines is 1. The second-order valence-electron chi connectivity index (χ2n) is 5.55. The van der Waals surface area contributed by atoms with Gasteiger partial charge in [-0.3, -0.25) is 4.79 Å². The van der Waals surface area contributed by atoms with Gasteiger partial charge in [0.15, 0.2) is 0 Å². The molecule has 4 heteroatoms. The summed E-state index contributed by atoms with van der Waals surface area (Å²) >= 11 is 0. The normalized spacial score (nSPS) is 25.8. The molecule has 0 saturated heterocycles. The Hall–Kier alpha value is -1.32. The van der Waals surface area contributed by atoms with Crippen molar-refractivity contribution in [2.24, 2.45) is 5.41 Å². The summed E-state index contributed by atoms with van der Waals surface area (Å²) < 4.78 is 0. The molecule has 86 valence electrons. The zero-order valence-corrected chi connectivity index (χ0v) is 9.76. The van der Waals surface area contributed by atoms with Crippen molar-refractivity contribution >= 4 is 5.82 Å². The minimum atomic E-state index is 0.0508. The molecular formula is C12H17N3O. The lowest BCUT2D eigenvalue weighted by Crippen LogP contribution is -2.25. The Bertz CT molecular complexity index is 490. The Kier molecular flexibility index (Phi) is 1.91. The van der Waals surface area contributed by atoms with Crippen LogP contribution in [0.2, 0.25) is 0 Å². The van der Waals surface area contributed by atoms with E-state index < -0.39 is 0 Å². The summed E-state index contributed by atoms with van der Waals surface area (Å²) in [6.07, 6.45) is 2.99. The molecule has 1 saturated carbocycles. The van der Waals surface area contributed by atoms with Crippen molar-refractivity contribution in [1.29, 1.82) is 0 Å². The Labute approximate surface area is 94.5 Å². The van der Waals surface area contributed by atoms with Gasteiger partial charge in [0.1, 0.15) is 11.6 Å². The molecule has 2 aliphatic rings. The molecule has 1 unspecified atom stereocenters. The Morgan fingerprint density at radius 1 is 1.44 bits per heavy atom. The fraction of sp³-hybridized carbons (Fsp3) is 0.667. The molecule has 0 spiro atoms. The van der Waals surface area contributed by atoms with Crippen molar-refractivity contribution in [3.05, 3.63) is 21.7 Å². The number of hydrogen-bond donors (Lipinski definition) is 2. The Morgan fingerprint density at radius 2 is 2.19 bits per heavy atom. The smallest absolute Gasteiger partial charge is 0.256 e. The van der Waals surface area contributed by atoms with Crippen LogP contribution >= 0.6 is 0 Å². The molecule has 16 heavy (non-hydrogen) atoms. The van der Waals surface area contributed by atoms with Crippen molar-refractivity contribution in [1.82, 2.24) is 9.97 Å². The lowest BCUT2D eigenvalue weighted by Gasteiger charge is -2.16. The molecule has 1 aliphatic heterocycles. The van der Waals surface area contributed by atoms with Crippen LogP contribution in [-0.4, -0.2) is 16.5 Å². The number of aromatic nitrogens is 2. The van der Waals surface area contributed by atoms with Crippen LogP contribution in [0.4, 0.5) is 5.82 Å². The molecule has 0 radical (unpaired) electrons. The second-order valence-corrected chi connectivity index (χ2v) is 5.55. The lowest BCUT2D eigenvalue weighted by atomic mass is 10.1. The van der Waals surface area contributed by atoms with E-state index in [2.05, 4.69) is 29.1 Å². The quantitative estimate of drug-likeness (QED) is 0.755. The molecule has 0 bridgehead atoms. The van der Waals surface area contributed by atoms with Crippen LogP contribution in [0.5, 0.6) is 0 Å². The van der Waals surface area contributed by atoms with Gasteiger partial charge in [-0.05, 0) is 24.7 Å². The minimum Gasteiger partial charge on any atom is -0.370 e. The van der Waals surface area contributed by atoms with E-state index in [1.165, 1.54) is 0 Å². The number of nitrogens with zero attached hydrogens (tertiary/aromatic N) is 1. The van der Waals surface area contributed by atoms with E-state index in [1.54, 1.807) is 0 Å². The molecule has 2 N–H and O–H groups in total. The number of hydrogen-bond acceptors (Lipinski definition) is 3. The maximum absolute atomic E-state index is 11.9. The summed E-state index contributed by atoms with van der Waals surface area (Å²) in [7, 11) is 0. The zero-order chi connectivity index (χ0) is 11.3. The molecule has 1 fully saturated rings. The van der Waals surface area contributed by atoms with Gasteiger partial charge in [-0.25, -0.2) is 4.98 Å². The highest BCUT2D eigenvalue weighted by Gasteiger charge is 2.48. The summed E-state index contributed by atoms with van der Waals surface area (Å²) in [4.78, 5) is 19.4. The van der Waals surface area contributed by atoms with E-state index in [0.29, 0.717) is 11.3 Å². The van der Waals surface area contributed by atoms with Crippen LogP contribution in [0.3, 0.4) is 0 Å². The third-order valence-corrected chi connectivity index (χ3v) is 3.77. The van der Waals surface area contributed by atoms with Crippen molar-refractivity contribution in [3.63, 3.8) is 0 Å². The molecule has 1 aromatic rings.